The highest BCUT2D eigenvalue weighted by atomic mass is 32.2. The summed E-state index contributed by atoms with van der Waals surface area (Å²) >= 11 is 0. The monoisotopic (exact) mass is 619 g/mol. The first-order valence-electron chi connectivity index (χ1n) is 14.4. The van der Waals surface area contributed by atoms with Gasteiger partial charge in [-0.25, -0.2) is 17.2 Å². The maximum absolute atomic E-state index is 15.1. The van der Waals surface area contributed by atoms with Gasteiger partial charge in [-0.2, -0.15) is 0 Å². The number of carbonyl (C=O) groups excluding carboxylic acids is 2. The molecule has 4 aromatic carbocycles. The number of hydrogen-bond donors (Lipinski definition) is 1. The highest BCUT2D eigenvalue weighted by molar-refractivity contribution is 7.92. The van der Waals surface area contributed by atoms with Gasteiger partial charge in [-0.05, 0) is 53.9 Å². The van der Waals surface area contributed by atoms with Crippen molar-refractivity contribution in [1.29, 1.82) is 0 Å². The van der Waals surface area contributed by atoms with Crippen LogP contribution in [0, 0.1) is 11.6 Å². The molecule has 7 nitrogen and oxygen atoms in total. The highest BCUT2D eigenvalue weighted by Crippen LogP contribution is 2.27. The van der Waals surface area contributed by atoms with Crippen LogP contribution in [0.5, 0.6) is 0 Å². The maximum atomic E-state index is 15.1. The van der Waals surface area contributed by atoms with Crippen molar-refractivity contribution in [2.75, 3.05) is 17.4 Å². The van der Waals surface area contributed by atoms with Gasteiger partial charge in [0.15, 0.2) is 0 Å². The summed E-state index contributed by atoms with van der Waals surface area (Å²) < 4.78 is 57.4. The minimum atomic E-state index is -4.41. The second-order valence-corrected chi connectivity index (χ2v) is 12.1. The topological polar surface area (TPSA) is 86.8 Å². The second-order valence-electron chi connectivity index (χ2n) is 10.3. The Hall–Kier alpha value is -4.57. The average Bonchev–Trinajstić information content (AvgIpc) is 3.03. The molecule has 0 aliphatic rings. The van der Waals surface area contributed by atoms with Gasteiger partial charge in [-0.15, -0.1) is 0 Å². The van der Waals surface area contributed by atoms with Gasteiger partial charge in [0.2, 0.25) is 11.8 Å². The van der Waals surface area contributed by atoms with Crippen LogP contribution in [0.3, 0.4) is 0 Å². The van der Waals surface area contributed by atoms with Crippen LogP contribution in [-0.4, -0.2) is 44.3 Å². The van der Waals surface area contributed by atoms with Gasteiger partial charge in [0.1, 0.15) is 24.2 Å². The summed E-state index contributed by atoms with van der Waals surface area (Å²) in [6, 6.07) is 26.3. The van der Waals surface area contributed by atoms with Crippen molar-refractivity contribution in [3.63, 3.8) is 0 Å². The zero-order chi connectivity index (χ0) is 31.5. The number of anilines is 1. The van der Waals surface area contributed by atoms with Crippen molar-refractivity contribution in [2.45, 2.75) is 43.7 Å². The van der Waals surface area contributed by atoms with Crippen LogP contribution < -0.4 is 9.62 Å². The van der Waals surface area contributed by atoms with Crippen LogP contribution in [0.25, 0.3) is 0 Å². The molecule has 0 fully saturated rings. The number of carbonyl (C=O) groups is 2. The third-order valence-corrected chi connectivity index (χ3v) is 8.87. The van der Waals surface area contributed by atoms with Gasteiger partial charge < -0.3 is 10.2 Å². The number of nitrogens with one attached hydrogen (secondary N) is 1. The van der Waals surface area contributed by atoms with Crippen molar-refractivity contribution < 1.29 is 26.8 Å². The standard InChI is InChI=1S/C34H35F2N3O4S/c1-2-3-22-37-34(41)32(23-26-12-6-4-7-13-26)38(24-27-18-20-28(35)21-19-27)33(40)25-39(31-17-11-10-16-30(31)36)44(42,43)29-14-8-5-9-15-29/h4-21,32H,2-3,22-25H2,1H3,(H,37,41)/t32-/m1/s1. The van der Waals surface area contributed by atoms with E-state index in [2.05, 4.69) is 5.32 Å². The fraction of sp³-hybridized carbons (Fsp3) is 0.235. The van der Waals surface area contributed by atoms with Crippen LogP contribution in [0.1, 0.15) is 30.9 Å². The lowest BCUT2D eigenvalue weighted by atomic mass is 10.0. The number of para-hydroxylation sites is 1. The van der Waals surface area contributed by atoms with Gasteiger partial charge in [0.05, 0.1) is 10.6 Å². The minimum Gasteiger partial charge on any atom is -0.354 e. The first-order valence-corrected chi connectivity index (χ1v) is 15.8. The third kappa shape index (κ3) is 8.29. The summed E-state index contributed by atoms with van der Waals surface area (Å²) in [5.74, 6) is -2.45. The van der Waals surface area contributed by atoms with Gasteiger partial charge in [0.25, 0.3) is 10.0 Å². The molecule has 1 atom stereocenters. The fourth-order valence-corrected chi connectivity index (χ4v) is 6.18. The van der Waals surface area contributed by atoms with Crippen molar-refractivity contribution in [1.82, 2.24) is 10.2 Å². The van der Waals surface area contributed by atoms with Crippen LogP contribution in [0.4, 0.5) is 14.5 Å². The third-order valence-electron chi connectivity index (χ3n) is 7.10. The molecule has 1 N–H and O–H groups in total. The Kier molecular flexibility index (Phi) is 11.2. The molecule has 0 spiro atoms. The van der Waals surface area contributed by atoms with Crippen molar-refractivity contribution in [3.05, 3.63) is 132 Å². The van der Waals surface area contributed by atoms with Crippen molar-refractivity contribution in [2.24, 2.45) is 0 Å². The average molecular weight is 620 g/mol. The van der Waals surface area contributed by atoms with E-state index in [9.17, 15) is 22.4 Å². The Morgan fingerprint density at radius 2 is 1.41 bits per heavy atom. The Balaban J connectivity index is 1.78. The quantitative estimate of drug-likeness (QED) is 0.183. The predicted octanol–water partition coefficient (Wildman–Crippen LogP) is 5.72. The molecule has 44 heavy (non-hydrogen) atoms. The second kappa shape index (κ2) is 15.2. The molecule has 0 bridgehead atoms. The summed E-state index contributed by atoms with van der Waals surface area (Å²) in [5.41, 5.74) is 1.00. The Morgan fingerprint density at radius 1 is 0.795 bits per heavy atom. The fourth-order valence-electron chi connectivity index (χ4n) is 4.73. The first kappa shape index (κ1) is 32.3. The van der Waals surface area contributed by atoms with Gasteiger partial charge >= 0.3 is 0 Å². The largest absolute Gasteiger partial charge is 0.354 e. The number of nitrogens with zero attached hydrogens (tertiary/aromatic N) is 2. The van der Waals surface area contributed by atoms with Crippen LogP contribution in [-0.2, 0) is 32.6 Å². The van der Waals surface area contributed by atoms with E-state index in [1.165, 1.54) is 71.6 Å². The summed E-state index contributed by atoms with van der Waals surface area (Å²) in [4.78, 5) is 29.1. The molecular weight excluding hydrogens is 584 g/mol. The Labute approximate surface area is 257 Å². The zero-order valence-corrected chi connectivity index (χ0v) is 25.2. The molecule has 2 amide bonds. The summed E-state index contributed by atoms with van der Waals surface area (Å²) in [6.07, 6.45) is 1.71. The van der Waals surface area contributed by atoms with E-state index >= 15 is 4.39 Å². The van der Waals surface area contributed by atoms with E-state index in [-0.39, 0.29) is 23.5 Å². The van der Waals surface area contributed by atoms with E-state index < -0.39 is 46.1 Å². The van der Waals surface area contributed by atoms with Gasteiger partial charge in [0, 0.05) is 19.5 Å². The van der Waals surface area contributed by atoms with Crippen LogP contribution in [0.15, 0.2) is 114 Å². The first-order chi connectivity index (χ1) is 21.2. The van der Waals surface area contributed by atoms with E-state index in [1.807, 2.05) is 37.3 Å². The number of hydrogen-bond acceptors (Lipinski definition) is 4. The number of sulfonamides is 1. The molecule has 0 aliphatic carbocycles. The van der Waals surface area contributed by atoms with Crippen LogP contribution >= 0.6 is 0 Å². The number of halogens is 2. The van der Waals surface area contributed by atoms with Crippen molar-refractivity contribution in [3.8, 4) is 0 Å². The Morgan fingerprint density at radius 3 is 2.05 bits per heavy atom. The van der Waals surface area contributed by atoms with Crippen molar-refractivity contribution >= 4 is 27.5 Å². The smallest absolute Gasteiger partial charge is 0.264 e. The lowest BCUT2D eigenvalue weighted by Gasteiger charge is -2.34. The SMILES string of the molecule is CCCCNC(=O)[C@@H](Cc1ccccc1)N(Cc1ccc(F)cc1)C(=O)CN(c1ccccc1F)S(=O)(=O)c1ccccc1. The molecule has 4 aromatic rings. The van der Waals surface area contributed by atoms with Gasteiger partial charge in [-0.3, -0.25) is 13.9 Å². The van der Waals surface area contributed by atoms with E-state index in [0.29, 0.717) is 12.1 Å². The minimum absolute atomic E-state index is 0.117. The van der Waals surface area contributed by atoms with E-state index in [0.717, 1.165) is 28.8 Å². The number of rotatable bonds is 14. The summed E-state index contributed by atoms with van der Waals surface area (Å²) in [6.45, 7) is 1.48. The van der Waals surface area contributed by atoms with E-state index in [4.69, 9.17) is 0 Å². The maximum Gasteiger partial charge on any atom is 0.264 e. The molecule has 0 saturated carbocycles. The molecule has 0 saturated heterocycles. The molecular formula is C34H35F2N3O4S. The zero-order valence-electron chi connectivity index (χ0n) is 24.4. The summed E-state index contributed by atoms with van der Waals surface area (Å²) in [5, 5.41) is 2.90. The number of amides is 2. The van der Waals surface area contributed by atoms with Gasteiger partial charge in [-0.1, -0.05) is 86.1 Å². The molecule has 0 heterocycles. The lowest BCUT2D eigenvalue weighted by Crippen LogP contribution is -2.53. The van der Waals surface area contributed by atoms with Crippen LogP contribution in [0.2, 0.25) is 0 Å². The highest BCUT2D eigenvalue weighted by Gasteiger charge is 2.35. The number of benzene rings is 4. The molecule has 0 radical (unpaired) electrons. The molecule has 0 unspecified atom stereocenters. The molecule has 0 aliphatic heterocycles. The molecule has 230 valence electrons. The molecule has 10 heteroatoms. The Bertz CT molecular complexity index is 1640. The summed E-state index contributed by atoms with van der Waals surface area (Å²) in [7, 11) is -4.41. The normalized spacial score (nSPS) is 11.9. The molecule has 4 rings (SSSR count). The predicted molar refractivity (Wildman–Crippen MR) is 166 cm³/mol. The lowest BCUT2D eigenvalue weighted by molar-refractivity contribution is -0.140. The van der Waals surface area contributed by atoms with E-state index in [1.54, 1.807) is 6.07 Å². The molecule has 0 aromatic heterocycles. The number of unbranched alkanes of at least 4 members (excludes halogenated alkanes) is 1.